The van der Waals surface area contributed by atoms with Crippen molar-refractivity contribution in [2.24, 2.45) is 0 Å². The number of benzene rings is 1. The van der Waals surface area contributed by atoms with E-state index >= 15 is 0 Å². The number of pyridine rings is 1. The molecule has 0 saturated heterocycles. The number of anilines is 1. The van der Waals surface area contributed by atoms with E-state index in [1.54, 1.807) is 16.5 Å². The van der Waals surface area contributed by atoms with Crippen LogP contribution in [0.25, 0.3) is 16.9 Å². The van der Waals surface area contributed by atoms with Gasteiger partial charge in [0, 0.05) is 11.8 Å². The molecule has 2 heterocycles. The van der Waals surface area contributed by atoms with Crippen LogP contribution in [0.5, 0.6) is 5.75 Å². The lowest BCUT2D eigenvalue weighted by Gasteiger charge is -1.98. The Bertz CT molecular complexity index is 688. The van der Waals surface area contributed by atoms with Crippen LogP contribution in [0.4, 0.5) is 5.82 Å². The van der Waals surface area contributed by atoms with Crippen molar-refractivity contribution in [1.29, 1.82) is 0 Å². The zero-order valence-corrected chi connectivity index (χ0v) is 9.04. The van der Waals surface area contributed by atoms with E-state index in [1.807, 2.05) is 36.5 Å². The van der Waals surface area contributed by atoms with E-state index < -0.39 is 0 Å². The minimum absolute atomic E-state index is 0.217. The van der Waals surface area contributed by atoms with Crippen molar-refractivity contribution in [1.82, 2.24) is 9.38 Å². The largest absolute Gasteiger partial charge is 0.507 e. The van der Waals surface area contributed by atoms with E-state index in [4.69, 9.17) is 5.73 Å². The van der Waals surface area contributed by atoms with E-state index in [0.29, 0.717) is 17.1 Å². The van der Waals surface area contributed by atoms with Crippen LogP contribution in [0.15, 0.2) is 48.7 Å². The van der Waals surface area contributed by atoms with Gasteiger partial charge in [-0.2, -0.15) is 0 Å². The number of aromatic nitrogens is 2. The molecule has 3 N–H and O–H groups in total. The molecule has 0 unspecified atom stereocenters. The van der Waals surface area contributed by atoms with Gasteiger partial charge in [-0.15, -0.1) is 0 Å². The highest BCUT2D eigenvalue weighted by Gasteiger charge is 2.08. The maximum atomic E-state index is 9.78. The summed E-state index contributed by atoms with van der Waals surface area (Å²) in [7, 11) is 0. The molecule has 17 heavy (non-hydrogen) atoms. The second kappa shape index (κ2) is 3.52. The lowest BCUT2D eigenvalue weighted by Crippen LogP contribution is -1.93. The molecule has 2 aromatic heterocycles. The lowest BCUT2D eigenvalue weighted by atomic mass is 10.1. The standard InChI is InChI=1S/C13H11N3O/c14-12-6-3-7-13-15-10(8-16(12)13)9-4-1-2-5-11(9)17/h1-8,17H,14H2. The topological polar surface area (TPSA) is 63.5 Å². The summed E-state index contributed by atoms with van der Waals surface area (Å²) in [5.74, 6) is 0.839. The van der Waals surface area contributed by atoms with Gasteiger partial charge in [0.1, 0.15) is 17.2 Å². The molecule has 0 aliphatic carbocycles. The molecular formula is C13H11N3O. The number of phenolic OH excluding ortho intramolecular Hbond substituents is 1. The number of fused-ring (bicyclic) bond motifs is 1. The Labute approximate surface area is 98.0 Å². The van der Waals surface area contributed by atoms with E-state index in [9.17, 15) is 5.11 Å². The molecule has 0 aliphatic heterocycles. The van der Waals surface area contributed by atoms with Crippen molar-refractivity contribution in [3.8, 4) is 17.0 Å². The minimum Gasteiger partial charge on any atom is -0.507 e. The summed E-state index contributed by atoms with van der Waals surface area (Å²) in [6.07, 6.45) is 1.82. The number of hydrogen-bond acceptors (Lipinski definition) is 3. The average molecular weight is 225 g/mol. The van der Waals surface area contributed by atoms with Gasteiger partial charge in [-0.3, -0.25) is 4.40 Å². The fourth-order valence-corrected chi connectivity index (χ4v) is 1.85. The first-order chi connectivity index (χ1) is 8.25. The zero-order valence-electron chi connectivity index (χ0n) is 9.04. The van der Waals surface area contributed by atoms with Crippen LogP contribution in [-0.2, 0) is 0 Å². The maximum absolute atomic E-state index is 9.78. The Hall–Kier alpha value is -2.49. The minimum atomic E-state index is 0.217. The van der Waals surface area contributed by atoms with E-state index in [1.165, 1.54) is 0 Å². The molecule has 0 atom stereocenters. The Morgan fingerprint density at radius 1 is 1.06 bits per heavy atom. The number of phenols is 1. The van der Waals surface area contributed by atoms with Crippen molar-refractivity contribution >= 4 is 11.5 Å². The number of rotatable bonds is 1. The Balaban J connectivity index is 2.26. The van der Waals surface area contributed by atoms with Crippen LogP contribution in [-0.4, -0.2) is 14.5 Å². The number of imidazole rings is 1. The van der Waals surface area contributed by atoms with Gasteiger partial charge >= 0.3 is 0 Å². The second-order valence-electron chi connectivity index (χ2n) is 3.82. The molecule has 0 aliphatic rings. The van der Waals surface area contributed by atoms with Crippen LogP contribution >= 0.6 is 0 Å². The lowest BCUT2D eigenvalue weighted by molar-refractivity contribution is 0.477. The third-order valence-electron chi connectivity index (χ3n) is 2.70. The molecule has 0 fully saturated rings. The fraction of sp³-hybridized carbons (Fsp3) is 0. The van der Waals surface area contributed by atoms with Gasteiger partial charge in [-0.1, -0.05) is 18.2 Å². The third kappa shape index (κ3) is 1.50. The molecular weight excluding hydrogens is 214 g/mol. The van der Waals surface area contributed by atoms with Crippen molar-refractivity contribution in [3.63, 3.8) is 0 Å². The number of hydrogen-bond donors (Lipinski definition) is 2. The summed E-state index contributed by atoms with van der Waals surface area (Å²) >= 11 is 0. The first-order valence-electron chi connectivity index (χ1n) is 5.27. The van der Waals surface area contributed by atoms with Gasteiger partial charge in [-0.05, 0) is 24.3 Å². The van der Waals surface area contributed by atoms with Gasteiger partial charge in [0.25, 0.3) is 0 Å². The van der Waals surface area contributed by atoms with Crippen molar-refractivity contribution < 1.29 is 5.11 Å². The maximum Gasteiger partial charge on any atom is 0.139 e. The fourth-order valence-electron chi connectivity index (χ4n) is 1.85. The van der Waals surface area contributed by atoms with Gasteiger partial charge in [0.15, 0.2) is 0 Å². The highest BCUT2D eigenvalue weighted by molar-refractivity contribution is 5.69. The summed E-state index contributed by atoms with van der Waals surface area (Å²) in [6.45, 7) is 0. The molecule has 0 amide bonds. The van der Waals surface area contributed by atoms with Crippen molar-refractivity contribution in [2.45, 2.75) is 0 Å². The SMILES string of the molecule is Nc1cccc2nc(-c3ccccc3O)cn12. The first-order valence-corrected chi connectivity index (χ1v) is 5.27. The highest BCUT2D eigenvalue weighted by atomic mass is 16.3. The Kier molecular flexibility index (Phi) is 2.01. The first kappa shape index (κ1) is 9.72. The smallest absolute Gasteiger partial charge is 0.139 e. The third-order valence-corrected chi connectivity index (χ3v) is 2.70. The predicted octanol–water partition coefficient (Wildman–Crippen LogP) is 2.29. The van der Waals surface area contributed by atoms with Gasteiger partial charge in [-0.25, -0.2) is 4.98 Å². The quantitative estimate of drug-likeness (QED) is 0.667. The molecule has 4 heteroatoms. The highest BCUT2D eigenvalue weighted by Crippen LogP contribution is 2.28. The molecule has 0 bridgehead atoms. The normalized spacial score (nSPS) is 10.8. The summed E-state index contributed by atoms with van der Waals surface area (Å²) in [5, 5.41) is 9.78. The van der Waals surface area contributed by atoms with Gasteiger partial charge in [0.2, 0.25) is 0 Å². The molecule has 0 saturated carbocycles. The summed E-state index contributed by atoms with van der Waals surface area (Å²) in [5.41, 5.74) is 8.03. The summed E-state index contributed by atoms with van der Waals surface area (Å²) in [4.78, 5) is 4.43. The molecule has 1 aromatic carbocycles. The number of nitrogens with zero attached hydrogens (tertiary/aromatic N) is 2. The summed E-state index contributed by atoms with van der Waals surface area (Å²) < 4.78 is 1.79. The molecule has 3 rings (SSSR count). The Morgan fingerprint density at radius 2 is 1.88 bits per heavy atom. The number of para-hydroxylation sites is 1. The van der Waals surface area contributed by atoms with Crippen LogP contribution in [0.3, 0.4) is 0 Å². The molecule has 84 valence electrons. The number of aromatic hydroxyl groups is 1. The van der Waals surface area contributed by atoms with Crippen LogP contribution in [0.1, 0.15) is 0 Å². The number of nitrogens with two attached hydrogens (primary N) is 1. The van der Waals surface area contributed by atoms with Gasteiger partial charge < -0.3 is 10.8 Å². The zero-order chi connectivity index (χ0) is 11.8. The van der Waals surface area contributed by atoms with Crippen molar-refractivity contribution in [2.75, 3.05) is 5.73 Å². The molecule has 4 nitrogen and oxygen atoms in total. The second-order valence-corrected chi connectivity index (χ2v) is 3.82. The van der Waals surface area contributed by atoms with Gasteiger partial charge in [0.05, 0.1) is 5.69 Å². The average Bonchev–Trinajstić information content (AvgIpc) is 2.75. The predicted molar refractivity (Wildman–Crippen MR) is 66.7 cm³/mol. The van der Waals surface area contributed by atoms with E-state index in [-0.39, 0.29) is 5.75 Å². The van der Waals surface area contributed by atoms with Crippen LogP contribution in [0.2, 0.25) is 0 Å². The monoisotopic (exact) mass is 225 g/mol. The molecule has 0 spiro atoms. The molecule has 0 radical (unpaired) electrons. The summed E-state index contributed by atoms with van der Waals surface area (Å²) in [6, 6.07) is 12.6. The van der Waals surface area contributed by atoms with Crippen LogP contribution < -0.4 is 5.73 Å². The van der Waals surface area contributed by atoms with Crippen molar-refractivity contribution in [3.05, 3.63) is 48.7 Å². The molecule has 3 aromatic rings. The van der Waals surface area contributed by atoms with E-state index in [2.05, 4.69) is 4.98 Å². The Morgan fingerprint density at radius 3 is 2.65 bits per heavy atom. The number of nitrogen functional groups attached to an aromatic ring is 1. The van der Waals surface area contributed by atoms with E-state index in [0.717, 1.165) is 5.65 Å². The van der Waals surface area contributed by atoms with Crippen LogP contribution in [0, 0.1) is 0 Å².